The van der Waals surface area contributed by atoms with Crippen LogP contribution in [0.4, 0.5) is 30.8 Å². The van der Waals surface area contributed by atoms with Crippen LogP contribution in [0.2, 0.25) is 0 Å². The maximum atomic E-state index is 12.7. The van der Waals surface area contributed by atoms with E-state index in [2.05, 4.69) is 30.7 Å². The van der Waals surface area contributed by atoms with Gasteiger partial charge >= 0.3 is 6.18 Å². The second-order valence-corrected chi connectivity index (χ2v) is 7.22. The number of halogens is 3. The largest absolute Gasteiger partial charge is 0.416 e. The number of anilines is 3. The summed E-state index contributed by atoms with van der Waals surface area (Å²) in [7, 11) is 0. The first-order chi connectivity index (χ1) is 14.2. The SMILES string of the molecule is Cc1cc(C)nc(Nc2noc(CSCC(=O)Nc3cccc(C(F)(F)F)c3)n2)n1. The molecule has 0 radical (unpaired) electrons. The van der Waals surface area contributed by atoms with E-state index >= 15 is 0 Å². The van der Waals surface area contributed by atoms with Crippen LogP contribution in [0.25, 0.3) is 0 Å². The van der Waals surface area contributed by atoms with Gasteiger partial charge in [-0.05, 0) is 43.3 Å². The fourth-order valence-corrected chi connectivity index (χ4v) is 3.10. The lowest BCUT2D eigenvalue weighted by atomic mass is 10.2. The molecular formula is C18H17F3N6O2S. The summed E-state index contributed by atoms with van der Waals surface area (Å²) in [5.74, 6) is 0.608. The average molecular weight is 438 g/mol. The third kappa shape index (κ3) is 6.17. The fraction of sp³-hybridized carbons (Fsp3) is 0.278. The quantitative estimate of drug-likeness (QED) is 0.568. The molecule has 0 aliphatic rings. The number of aromatic nitrogens is 4. The lowest BCUT2D eigenvalue weighted by Gasteiger charge is -2.09. The minimum absolute atomic E-state index is 0.00156. The van der Waals surface area contributed by atoms with Gasteiger partial charge in [0.1, 0.15) is 0 Å². The molecule has 0 unspecified atom stereocenters. The maximum absolute atomic E-state index is 12.7. The third-order valence-corrected chi connectivity index (χ3v) is 4.52. The van der Waals surface area contributed by atoms with Crippen LogP contribution in [0.15, 0.2) is 34.9 Å². The Kier molecular flexibility index (Phi) is 6.55. The normalized spacial score (nSPS) is 11.4. The molecule has 2 aromatic heterocycles. The molecule has 0 aliphatic heterocycles. The number of hydrogen-bond donors (Lipinski definition) is 2. The first-order valence-electron chi connectivity index (χ1n) is 8.66. The number of carbonyl (C=O) groups is 1. The molecule has 0 bridgehead atoms. The molecule has 12 heteroatoms. The van der Waals surface area contributed by atoms with Crippen LogP contribution in [-0.4, -0.2) is 31.8 Å². The summed E-state index contributed by atoms with van der Waals surface area (Å²) in [4.78, 5) is 24.5. The Morgan fingerprint density at radius 2 is 1.83 bits per heavy atom. The van der Waals surface area contributed by atoms with Gasteiger partial charge in [0.25, 0.3) is 5.95 Å². The van der Waals surface area contributed by atoms with Gasteiger partial charge in [0, 0.05) is 17.1 Å². The third-order valence-electron chi connectivity index (χ3n) is 3.61. The summed E-state index contributed by atoms with van der Waals surface area (Å²) in [5.41, 5.74) is 0.826. The number of benzene rings is 1. The molecule has 1 amide bonds. The van der Waals surface area contributed by atoms with Gasteiger partial charge in [-0.3, -0.25) is 10.1 Å². The van der Waals surface area contributed by atoms with Crippen molar-refractivity contribution in [3.8, 4) is 0 Å². The first-order valence-corrected chi connectivity index (χ1v) is 9.81. The van der Waals surface area contributed by atoms with Crippen LogP contribution in [-0.2, 0) is 16.7 Å². The Balaban J connectivity index is 1.48. The zero-order valence-electron chi connectivity index (χ0n) is 15.9. The van der Waals surface area contributed by atoms with Gasteiger partial charge in [-0.2, -0.15) is 18.2 Å². The van der Waals surface area contributed by atoms with E-state index < -0.39 is 17.6 Å². The molecule has 0 saturated carbocycles. The predicted molar refractivity (Wildman–Crippen MR) is 105 cm³/mol. The molecule has 0 fully saturated rings. The highest BCUT2D eigenvalue weighted by molar-refractivity contribution is 7.99. The van der Waals surface area contributed by atoms with E-state index in [1.54, 1.807) is 0 Å². The van der Waals surface area contributed by atoms with Gasteiger partial charge in [0.05, 0.1) is 17.1 Å². The lowest BCUT2D eigenvalue weighted by molar-refractivity contribution is -0.137. The van der Waals surface area contributed by atoms with Crippen LogP contribution >= 0.6 is 11.8 Å². The average Bonchev–Trinajstić information content (AvgIpc) is 3.07. The van der Waals surface area contributed by atoms with Crippen molar-refractivity contribution in [1.29, 1.82) is 0 Å². The van der Waals surface area contributed by atoms with Crippen molar-refractivity contribution in [2.24, 2.45) is 0 Å². The monoisotopic (exact) mass is 438 g/mol. The summed E-state index contributed by atoms with van der Waals surface area (Å²) in [6.07, 6.45) is -4.47. The van der Waals surface area contributed by atoms with Crippen LogP contribution in [0, 0.1) is 13.8 Å². The van der Waals surface area contributed by atoms with Crippen molar-refractivity contribution in [1.82, 2.24) is 20.1 Å². The second-order valence-electron chi connectivity index (χ2n) is 6.23. The van der Waals surface area contributed by atoms with E-state index in [1.165, 1.54) is 23.9 Å². The van der Waals surface area contributed by atoms with E-state index in [0.717, 1.165) is 23.5 Å². The Morgan fingerprint density at radius 3 is 2.53 bits per heavy atom. The van der Waals surface area contributed by atoms with Crippen molar-refractivity contribution in [3.63, 3.8) is 0 Å². The number of aryl methyl sites for hydroxylation is 2. The highest BCUT2D eigenvalue weighted by Crippen LogP contribution is 2.30. The minimum atomic E-state index is -4.47. The number of hydrogen-bond acceptors (Lipinski definition) is 8. The van der Waals surface area contributed by atoms with Crippen LogP contribution in [0.3, 0.4) is 0 Å². The van der Waals surface area contributed by atoms with Gasteiger partial charge < -0.3 is 9.84 Å². The highest BCUT2D eigenvalue weighted by Gasteiger charge is 2.30. The summed E-state index contributed by atoms with van der Waals surface area (Å²) in [5, 5.41) is 9.04. The number of carbonyl (C=O) groups excluding carboxylic acids is 1. The molecule has 0 aliphatic carbocycles. The van der Waals surface area contributed by atoms with E-state index in [1.807, 2.05) is 19.9 Å². The number of nitrogens with one attached hydrogen (secondary N) is 2. The van der Waals surface area contributed by atoms with E-state index in [-0.39, 0.29) is 29.0 Å². The standard InChI is InChI=1S/C18H17F3N6O2S/c1-10-6-11(2)23-16(22-10)26-17-25-15(29-27-17)9-30-8-14(28)24-13-5-3-4-12(7-13)18(19,20)21/h3-7H,8-9H2,1-2H3,(H,24,28)(H,22,23,26,27). The lowest BCUT2D eigenvalue weighted by Crippen LogP contribution is -2.15. The number of thioether (sulfide) groups is 1. The van der Waals surface area contributed by atoms with Crippen LogP contribution in [0.1, 0.15) is 22.8 Å². The van der Waals surface area contributed by atoms with Gasteiger partial charge in [-0.25, -0.2) is 9.97 Å². The smallest absolute Gasteiger partial charge is 0.336 e. The summed E-state index contributed by atoms with van der Waals surface area (Å²) >= 11 is 1.18. The Labute approximate surface area is 173 Å². The molecule has 30 heavy (non-hydrogen) atoms. The van der Waals surface area contributed by atoms with E-state index in [0.29, 0.717) is 5.95 Å². The molecule has 1 aromatic carbocycles. The molecule has 0 saturated heterocycles. The topological polar surface area (TPSA) is 106 Å². The number of nitrogens with zero attached hydrogens (tertiary/aromatic N) is 4. The molecule has 0 atom stereocenters. The molecular weight excluding hydrogens is 421 g/mol. The number of alkyl halides is 3. The van der Waals surface area contributed by atoms with Crippen molar-refractivity contribution in [3.05, 3.63) is 53.2 Å². The second kappa shape index (κ2) is 9.11. The van der Waals surface area contributed by atoms with Crippen molar-refractivity contribution >= 4 is 35.3 Å². The summed E-state index contributed by atoms with van der Waals surface area (Å²) in [6, 6.07) is 6.27. The summed E-state index contributed by atoms with van der Waals surface area (Å²) < 4.78 is 43.3. The van der Waals surface area contributed by atoms with Gasteiger partial charge in [-0.1, -0.05) is 6.07 Å². The number of amides is 1. The van der Waals surface area contributed by atoms with Gasteiger partial charge in [0.2, 0.25) is 17.7 Å². The highest BCUT2D eigenvalue weighted by atomic mass is 32.2. The zero-order valence-corrected chi connectivity index (χ0v) is 16.8. The molecule has 0 spiro atoms. The van der Waals surface area contributed by atoms with Crippen molar-refractivity contribution < 1.29 is 22.5 Å². The first kappa shape index (κ1) is 21.6. The van der Waals surface area contributed by atoms with Gasteiger partial charge in [0.15, 0.2) is 0 Å². The maximum Gasteiger partial charge on any atom is 0.416 e. The van der Waals surface area contributed by atoms with Crippen LogP contribution < -0.4 is 10.6 Å². The predicted octanol–water partition coefficient (Wildman–Crippen LogP) is 4.11. The summed E-state index contributed by atoms with van der Waals surface area (Å²) in [6.45, 7) is 3.67. The van der Waals surface area contributed by atoms with Crippen LogP contribution in [0.5, 0.6) is 0 Å². The Bertz CT molecular complexity index is 1020. The molecule has 3 rings (SSSR count). The van der Waals surface area contributed by atoms with E-state index in [4.69, 9.17) is 4.52 Å². The van der Waals surface area contributed by atoms with E-state index in [9.17, 15) is 18.0 Å². The molecule has 158 valence electrons. The Morgan fingerprint density at radius 1 is 1.10 bits per heavy atom. The fourth-order valence-electron chi connectivity index (χ4n) is 2.45. The molecule has 2 N–H and O–H groups in total. The molecule has 8 nitrogen and oxygen atoms in total. The molecule has 3 aromatic rings. The number of rotatable bonds is 7. The minimum Gasteiger partial charge on any atom is -0.336 e. The Hall–Kier alpha value is -3.15. The zero-order chi connectivity index (χ0) is 21.7. The van der Waals surface area contributed by atoms with Gasteiger partial charge in [-0.15, -0.1) is 11.8 Å². The van der Waals surface area contributed by atoms with Crippen molar-refractivity contribution in [2.75, 3.05) is 16.4 Å². The van der Waals surface area contributed by atoms with Crippen molar-refractivity contribution in [2.45, 2.75) is 25.8 Å². The molecule has 2 heterocycles.